The highest BCUT2D eigenvalue weighted by Crippen LogP contribution is 2.21. The monoisotopic (exact) mass is 449 g/mol. The lowest BCUT2D eigenvalue weighted by molar-refractivity contribution is 0.102. The molecule has 0 unspecified atom stereocenters. The summed E-state index contributed by atoms with van der Waals surface area (Å²) in [5.41, 5.74) is 12.3. The smallest absolute Gasteiger partial charge is 0.255 e. The van der Waals surface area contributed by atoms with Gasteiger partial charge < -0.3 is 16.4 Å². The van der Waals surface area contributed by atoms with Gasteiger partial charge in [0, 0.05) is 24.5 Å². The maximum absolute atomic E-state index is 12.6. The number of rotatable bonds is 6. The van der Waals surface area contributed by atoms with Crippen molar-refractivity contribution in [1.29, 1.82) is 0 Å². The second kappa shape index (κ2) is 9.03. The number of imidazole rings is 1. The predicted molar refractivity (Wildman–Crippen MR) is 134 cm³/mol. The van der Waals surface area contributed by atoms with E-state index in [9.17, 15) is 4.79 Å². The van der Waals surface area contributed by atoms with Crippen LogP contribution in [0.1, 0.15) is 21.5 Å². The highest BCUT2D eigenvalue weighted by atomic mass is 16.1. The third kappa shape index (κ3) is 4.42. The van der Waals surface area contributed by atoms with E-state index in [4.69, 9.17) is 5.73 Å². The first-order chi connectivity index (χ1) is 16.6. The van der Waals surface area contributed by atoms with E-state index in [1.54, 1.807) is 24.5 Å². The van der Waals surface area contributed by atoms with Gasteiger partial charge in [0.25, 0.3) is 5.91 Å². The Bertz CT molecular complexity index is 1470. The van der Waals surface area contributed by atoms with Gasteiger partial charge >= 0.3 is 0 Å². The summed E-state index contributed by atoms with van der Waals surface area (Å²) in [5, 5.41) is 6.10. The summed E-state index contributed by atoms with van der Waals surface area (Å²) in [7, 11) is 0. The summed E-state index contributed by atoms with van der Waals surface area (Å²) in [5.74, 6) is 0.305. The number of nitrogens with one attached hydrogen (secondary N) is 2. The first-order valence-electron chi connectivity index (χ1n) is 10.8. The molecule has 0 aliphatic rings. The summed E-state index contributed by atoms with van der Waals surface area (Å²) in [6.45, 7) is 2.47. The van der Waals surface area contributed by atoms with Crippen LogP contribution in [0.4, 0.5) is 17.3 Å². The van der Waals surface area contributed by atoms with Gasteiger partial charge in [-0.3, -0.25) is 9.20 Å². The highest BCUT2D eigenvalue weighted by Gasteiger charge is 2.10. The quantitative estimate of drug-likeness (QED) is 0.328. The molecule has 34 heavy (non-hydrogen) atoms. The zero-order valence-corrected chi connectivity index (χ0v) is 18.6. The minimum atomic E-state index is -0.209. The number of aryl methyl sites for hydroxylation is 1. The Morgan fingerprint density at radius 2 is 1.88 bits per heavy atom. The molecule has 0 bridgehead atoms. The summed E-state index contributed by atoms with van der Waals surface area (Å²) < 4.78 is 1.99. The lowest BCUT2D eigenvalue weighted by Crippen LogP contribution is -2.13. The first-order valence-corrected chi connectivity index (χ1v) is 10.8. The minimum Gasteiger partial charge on any atom is -0.397 e. The van der Waals surface area contributed by atoms with Crippen LogP contribution in [0.15, 0.2) is 85.3 Å². The number of nitrogens with zero attached hydrogens (tertiary/aromatic N) is 4. The van der Waals surface area contributed by atoms with Gasteiger partial charge in [-0.1, -0.05) is 24.3 Å². The van der Waals surface area contributed by atoms with Crippen LogP contribution in [-0.2, 0) is 6.54 Å². The van der Waals surface area contributed by atoms with Crippen LogP contribution in [0.5, 0.6) is 0 Å². The molecule has 3 aromatic heterocycles. The molecular formula is C26H23N7O. The maximum Gasteiger partial charge on any atom is 0.255 e. The van der Waals surface area contributed by atoms with Crippen LogP contribution < -0.4 is 16.4 Å². The number of hydrogen-bond acceptors (Lipinski definition) is 6. The molecule has 0 saturated heterocycles. The molecule has 0 aliphatic heterocycles. The van der Waals surface area contributed by atoms with Crippen molar-refractivity contribution in [1.82, 2.24) is 19.4 Å². The van der Waals surface area contributed by atoms with Crippen LogP contribution in [-0.4, -0.2) is 25.3 Å². The second-order valence-corrected chi connectivity index (χ2v) is 7.93. The Balaban J connectivity index is 1.24. The summed E-state index contributed by atoms with van der Waals surface area (Å²) in [6, 6.07) is 20.6. The fraction of sp³-hybridized carbons (Fsp3) is 0.0769. The number of benzene rings is 2. The summed E-state index contributed by atoms with van der Waals surface area (Å²) >= 11 is 0. The number of carbonyl (C=O) groups is 1. The molecule has 8 heteroatoms. The van der Waals surface area contributed by atoms with E-state index in [1.807, 2.05) is 72.1 Å². The molecule has 0 spiro atoms. The van der Waals surface area contributed by atoms with Crippen LogP contribution in [0.2, 0.25) is 0 Å². The van der Waals surface area contributed by atoms with E-state index in [2.05, 4.69) is 25.6 Å². The van der Waals surface area contributed by atoms with Gasteiger partial charge in [-0.2, -0.15) is 0 Å². The van der Waals surface area contributed by atoms with E-state index in [0.717, 1.165) is 28.2 Å². The van der Waals surface area contributed by atoms with Crippen molar-refractivity contribution >= 4 is 28.9 Å². The Hall–Kier alpha value is -4.72. The molecule has 0 radical (unpaired) electrons. The van der Waals surface area contributed by atoms with Crippen LogP contribution in [0.25, 0.3) is 17.0 Å². The third-order valence-electron chi connectivity index (χ3n) is 5.46. The van der Waals surface area contributed by atoms with E-state index < -0.39 is 0 Å². The molecule has 4 N–H and O–H groups in total. The van der Waals surface area contributed by atoms with Crippen molar-refractivity contribution < 1.29 is 4.79 Å². The number of hydrogen-bond donors (Lipinski definition) is 3. The Morgan fingerprint density at radius 3 is 2.71 bits per heavy atom. The van der Waals surface area contributed by atoms with Gasteiger partial charge in [0.15, 0.2) is 0 Å². The normalized spacial score (nSPS) is 10.9. The minimum absolute atomic E-state index is 0.209. The number of aromatic nitrogens is 4. The fourth-order valence-corrected chi connectivity index (χ4v) is 3.65. The number of nitrogen functional groups attached to an aromatic ring is 1. The molecule has 168 valence electrons. The Kier molecular flexibility index (Phi) is 5.61. The second-order valence-electron chi connectivity index (χ2n) is 7.93. The largest absolute Gasteiger partial charge is 0.397 e. The van der Waals surface area contributed by atoms with Crippen molar-refractivity contribution in [2.45, 2.75) is 13.5 Å². The Labute approximate surface area is 196 Å². The summed E-state index contributed by atoms with van der Waals surface area (Å²) in [4.78, 5) is 25.9. The number of fused-ring (bicyclic) bond motifs is 1. The number of amides is 1. The molecular weight excluding hydrogens is 426 g/mol. The molecule has 1 amide bonds. The van der Waals surface area contributed by atoms with Crippen LogP contribution >= 0.6 is 0 Å². The zero-order valence-electron chi connectivity index (χ0n) is 18.6. The molecule has 3 heterocycles. The van der Waals surface area contributed by atoms with Crippen molar-refractivity contribution in [3.63, 3.8) is 0 Å². The predicted octanol–water partition coefficient (Wildman–Crippen LogP) is 4.55. The van der Waals surface area contributed by atoms with E-state index in [-0.39, 0.29) is 5.91 Å². The Morgan fingerprint density at radius 1 is 1.03 bits per heavy atom. The number of carbonyl (C=O) groups excluding carboxylic acids is 1. The van der Waals surface area contributed by atoms with Gasteiger partial charge in [0.1, 0.15) is 5.65 Å². The summed E-state index contributed by atoms with van der Waals surface area (Å²) in [6.07, 6.45) is 5.48. The standard InChI is InChI=1S/C26H23N7O/c1-17-5-10-21(20(27)14-17)31-25(34)19-8-6-18(7-9-19)15-30-26-28-12-11-22(32-26)23-16-29-24-4-2-3-13-33(23)24/h2-14,16H,15,27H2,1H3,(H,31,34)(H,28,30,32). The van der Waals surface area contributed by atoms with E-state index in [0.29, 0.717) is 29.4 Å². The van der Waals surface area contributed by atoms with E-state index in [1.165, 1.54) is 0 Å². The molecule has 2 aromatic carbocycles. The van der Waals surface area contributed by atoms with E-state index >= 15 is 0 Å². The SMILES string of the molecule is Cc1ccc(NC(=O)c2ccc(CNc3nccc(-c4cnc5ccccn45)n3)cc2)c(N)c1. The third-order valence-corrected chi connectivity index (χ3v) is 5.46. The molecule has 0 saturated carbocycles. The molecule has 0 aliphatic carbocycles. The number of pyridine rings is 1. The van der Waals surface area contributed by atoms with Gasteiger partial charge in [-0.15, -0.1) is 0 Å². The van der Waals surface area contributed by atoms with Crippen molar-refractivity contribution in [2.24, 2.45) is 0 Å². The van der Waals surface area contributed by atoms with Gasteiger partial charge in [-0.05, 0) is 60.5 Å². The van der Waals surface area contributed by atoms with Crippen LogP contribution in [0.3, 0.4) is 0 Å². The molecule has 0 fully saturated rings. The number of anilines is 3. The van der Waals surface area contributed by atoms with Gasteiger partial charge in [-0.25, -0.2) is 15.0 Å². The number of nitrogens with two attached hydrogens (primary N) is 1. The molecule has 8 nitrogen and oxygen atoms in total. The van der Waals surface area contributed by atoms with Crippen molar-refractivity contribution in [3.05, 3.63) is 102 Å². The zero-order chi connectivity index (χ0) is 23.5. The van der Waals surface area contributed by atoms with Gasteiger partial charge in [0.2, 0.25) is 5.95 Å². The van der Waals surface area contributed by atoms with Crippen molar-refractivity contribution in [2.75, 3.05) is 16.4 Å². The molecule has 0 atom stereocenters. The first kappa shape index (κ1) is 21.1. The molecule has 5 rings (SSSR count). The maximum atomic E-state index is 12.6. The lowest BCUT2D eigenvalue weighted by Gasteiger charge is -2.10. The lowest BCUT2D eigenvalue weighted by atomic mass is 10.1. The average Bonchev–Trinajstić information content (AvgIpc) is 3.29. The molecule has 5 aromatic rings. The fourth-order valence-electron chi connectivity index (χ4n) is 3.65. The van der Waals surface area contributed by atoms with Crippen molar-refractivity contribution in [3.8, 4) is 11.4 Å². The van der Waals surface area contributed by atoms with Gasteiger partial charge in [0.05, 0.1) is 29.0 Å². The van der Waals surface area contributed by atoms with Crippen LogP contribution in [0, 0.1) is 6.92 Å². The highest BCUT2D eigenvalue weighted by molar-refractivity contribution is 6.05. The topological polar surface area (TPSA) is 110 Å². The average molecular weight is 450 g/mol.